The third kappa shape index (κ3) is 4.80. The number of rotatable bonds is 7. The number of carbonyl (C=O) groups excluding carboxylic acids is 2. The van der Waals surface area contributed by atoms with E-state index < -0.39 is 27.4 Å². The number of hydrogen-bond acceptors (Lipinski definition) is 4. The van der Waals surface area contributed by atoms with Gasteiger partial charge < -0.3 is 5.32 Å². The summed E-state index contributed by atoms with van der Waals surface area (Å²) < 4.78 is 26.2. The minimum Gasteiger partial charge on any atom is -0.350 e. The van der Waals surface area contributed by atoms with Gasteiger partial charge in [0.2, 0.25) is 21.8 Å². The Morgan fingerprint density at radius 3 is 2.39 bits per heavy atom. The number of aryl methyl sites for hydroxylation is 1. The van der Waals surface area contributed by atoms with Crippen LogP contribution in [0.3, 0.4) is 0 Å². The van der Waals surface area contributed by atoms with Gasteiger partial charge in [0, 0.05) is 18.8 Å². The molecule has 1 heterocycles. The number of sulfonamides is 1. The van der Waals surface area contributed by atoms with E-state index in [2.05, 4.69) is 5.32 Å². The molecule has 8 heteroatoms. The van der Waals surface area contributed by atoms with Crippen molar-refractivity contribution in [1.82, 2.24) is 9.62 Å². The van der Waals surface area contributed by atoms with Crippen LogP contribution < -0.4 is 10.2 Å². The Balaban J connectivity index is 1.98. The van der Waals surface area contributed by atoms with Gasteiger partial charge in [-0.15, -0.1) is 0 Å². The SMILES string of the molecule is CCc1cccc(N2C(=O)CN(S(=O)(=O)CC)C[C@@]2(C)C(=O)NCc2ccccc2)c1. The molecule has 0 unspecified atom stereocenters. The van der Waals surface area contributed by atoms with E-state index in [1.165, 1.54) is 11.8 Å². The molecule has 1 N–H and O–H groups in total. The van der Waals surface area contributed by atoms with Crippen LogP contribution in [0.4, 0.5) is 5.69 Å². The summed E-state index contributed by atoms with van der Waals surface area (Å²) in [4.78, 5) is 28.1. The Morgan fingerprint density at radius 2 is 1.74 bits per heavy atom. The molecule has 0 aromatic heterocycles. The number of amides is 2. The van der Waals surface area contributed by atoms with Crippen molar-refractivity contribution in [1.29, 1.82) is 0 Å². The van der Waals surface area contributed by atoms with Crippen LogP contribution in [0.2, 0.25) is 0 Å². The van der Waals surface area contributed by atoms with Gasteiger partial charge in [-0.3, -0.25) is 14.5 Å². The summed E-state index contributed by atoms with van der Waals surface area (Å²) in [5.74, 6) is -0.954. The Kier molecular flexibility index (Phi) is 6.81. The van der Waals surface area contributed by atoms with Crippen LogP contribution in [0.1, 0.15) is 31.9 Å². The minimum atomic E-state index is -3.64. The van der Waals surface area contributed by atoms with Crippen LogP contribution in [-0.4, -0.2) is 48.9 Å². The van der Waals surface area contributed by atoms with Crippen molar-refractivity contribution in [3.8, 4) is 0 Å². The molecule has 2 amide bonds. The van der Waals surface area contributed by atoms with Gasteiger partial charge in [0.15, 0.2) is 0 Å². The molecule has 2 aromatic rings. The van der Waals surface area contributed by atoms with Gasteiger partial charge in [0.1, 0.15) is 5.54 Å². The maximum Gasteiger partial charge on any atom is 0.247 e. The molecule has 1 saturated heterocycles. The van der Waals surface area contributed by atoms with E-state index in [4.69, 9.17) is 0 Å². The molecule has 1 aliphatic heterocycles. The number of carbonyl (C=O) groups is 2. The second kappa shape index (κ2) is 9.20. The molecule has 0 spiro atoms. The molecule has 31 heavy (non-hydrogen) atoms. The first-order valence-electron chi connectivity index (χ1n) is 10.4. The molecular formula is C23H29N3O4S. The van der Waals surface area contributed by atoms with Crippen LogP contribution in [0.25, 0.3) is 0 Å². The average molecular weight is 444 g/mol. The predicted octanol–water partition coefficient (Wildman–Crippen LogP) is 2.32. The molecule has 3 rings (SSSR count). The van der Waals surface area contributed by atoms with Crippen molar-refractivity contribution < 1.29 is 18.0 Å². The quantitative estimate of drug-likeness (QED) is 0.712. The van der Waals surface area contributed by atoms with Crippen molar-refractivity contribution in [3.05, 3.63) is 65.7 Å². The molecule has 0 saturated carbocycles. The minimum absolute atomic E-state index is 0.105. The standard InChI is InChI=1S/C23H29N3O4S/c1-4-18-12-9-13-20(14-18)26-21(27)16-25(31(29,30)5-2)17-23(26,3)22(28)24-15-19-10-7-6-8-11-19/h6-14H,4-5,15-17H2,1-3H3,(H,24,28)/t23-/m0/s1. The monoisotopic (exact) mass is 443 g/mol. The van der Waals surface area contributed by atoms with E-state index in [1.807, 2.05) is 55.5 Å². The molecule has 1 aliphatic rings. The zero-order valence-corrected chi connectivity index (χ0v) is 19.0. The molecule has 1 atom stereocenters. The van der Waals surface area contributed by atoms with Crippen LogP contribution >= 0.6 is 0 Å². The third-order valence-electron chi connectivity index (χ3n) is 5.66. The topological polar surface area (TPSA) is 86.8 Å². The van der Waals surface area contributed by atoms with Gasteiger partial charge in [-0.05, 0) is 43.5 Å². The molecule has 0 aliphatic carbocycles. The normalized spacial score (nSPS) is 20.0. The second-order valence-corrected chi connectivity index (χ2v) is 10.1. The molecule has 0 bridgehead atoms. The fourth-order valence-electron chi connectivity index (χ4n) is 3.83. The summed E-state index contributed by atoms with van der Waals surface area (Å²) in [6, 6.07) is 16.9. The Morgan fingerprint density at radius 1 is 1.06 bits per heavy atom. The van der Waals surface area contributed by atoms with Crippen molar-refractivity contribution in [3.63, 3.8) is 0 Å². The van der Waals surface area contributed by atoms with Gasteiger partial charge in [0.25, 0.3) is 0 Å². The molecule has 0 radical (unpaired) electrons. The molecule has 1 fully saturated rings. The fraction of sp³-hybridized carbons (Fsp3) is 0.391. The summed E-state index contributed by atoms with van der Waals surface area (Å²) >= 11 is 0. The number of nitrogens with zero attached hydrogens (tertiary/aromatic N) is 2. The van der Waals surface area contributed by atoms with E-state index >= 15 is 0 Å². The number of piperazine rings is 1. The van der Waals surface area contributed by atoms with E-state index in [1.54, 1.807) is 13.0 Å². The first kappa shape index (κ1) is 23.0. The first-order valence-corrected chi connectivity index (χ1v) is 12.0. The lowest BCUT2D eigenvalue weighted by atomic mass is 9.94. The predicted molar refractivity (Wildman–Crippen MR) is 121 cm³/mol. The van der Waals surface area contributed by atoms with Crippen molar-refractivity contribution in [2.75, 3.05) is 23.7 Å². The van der Waals surface area contributed by atoms with Gasteiger partial charge in [-0.2, -0.15) is 4.31 Å². The Hall–Kier alpha value is -2.71. The molecule has 2 aromatic carbocycles. The maximum atomic E-state index is 13.4. The van der Waals surface area contributed by atoms with Gasteiger partial charge in [-0.25, -0.2) is 8.42 Å². The molecular weight excluding hydrogens is 414 g/mol. The van der Waals surface area contributed by atoms with Crippen molar-refractivity contribution in [2.24, 2.45) is 0 Å². The molecule has 7 nitrogen and oxygen atoms in total. The van der Waals surface area contributed by atoms with E-state index in [-0.39, 0.29) is 25.4 Å². The summed E-state index contributed by atoms with van der Waals surface area (Å²) in [6.45, 7) is 5.07. The first-order chi connectivity index (χ1) is 14.7. The number of nitrogens with one attached hydrogen (secondary N) is 1. The van der Waals surface area contributed by atoms with Crippen molar-refractivity contribution in [2.45, 2.75) is 39.3 Å². The van der Waals surface area contributed by atoms with Crippen LogP contribution in [0.5, 0.6) is 0 Å². The van der Waals surface area contributed by atoms with Gasteiger partial charge in [-0.1, -0.05) is 49.4 Å². The van der Waals surface area contributed by atoms with E-state index in [0.29, 0.717) is 5.69 Å². The second-order valence-electron chi connectivity index (χ2n) is 7.86. The zero-order valence-electron chi connectivity index (χ0n) is 18.2. The highest BCUT2D eigenvalue weighted by molar-refractivity contribution is 7.89. The third-order valence-corrected chi connectivity index (χ3v) is 7.43. The number of anilines is 1. The lowest BCUT2D eigenvalue weighted by molar-refractivity contribution is -0.133. The van der Waals surface area contributed by atoms with E-state index in [0.717, 1.165) is 21.9 Å². The van der Waals surface area contributed by atoms with Gasteiger partial charge in [0.05, 0.1) is 12.3 Å². The fourth-order valence-corrected chi connectivity index (χ4v) is 4.95. The number of benzene rings is 2. The highest BCUT2D eigenvalue weighted by Gasteiger charge is 2.50. The Bertz CT molecular complexity index is 1060. The van der Waals surface area contributed by atoms with Crippen LogP contribution in [0, 0.1) is 0 Å². The highest BCUT2D eigenvalue weighted by atomic mass is 32.2. The number of hydrogen-bond donors (Lipinski definition) is 1. The summed E-state index contributed by atoms with van der Waals surface area (Å²) in [5, 5.41) is 2.89. The largest absolute Gasteiger partial charge is 0.350 e. The Labute approximate surface area is 184 Å². The van der Waals surface area contributed by atoms with Crippen molar-refractivity contribution >= 4 is 27.5 Å². The van der Waals surface area contributed by atoms with Gasteiger partial charge >= 0.3 is 0 Å². The lowest BCUT2D eigenvalue weighted by Gasteiger charge is -2.46. The van der Waals surface area contributed by atoms with Crippen LogP contribution in [0.15, 0.2) is 54.6 Å². The smallest absolute Gasteiger partial charge is 0.247 e. The summed E-state index contributed by atoms with van der Waals surface area (Å²) in [7, 11) is -3.64. The summed E-state index contributed by atoms with van der Waals surface area (Å²) in [5.41, 5.74) is 1.15. The summed E-state index contributed by atoms with van der Waals surface area (Å²) in [6.07, 6.45) is 0.781. The average Bonchev–Trinajstić information content (AvgIpc) is 2.77. The highest BCUT2D eigenvalue weighted by Crippen LogP contribution is 2.31. The lowest BCUT2D eigenvalue weighted by Crippen LogP contribution is -2.70. The van der Waals surface area contributed by atoms with E-state index in [9.17, 15) is 18.0 Å². The maximum absolute atomic E-state index is 13.4. The molecule has 166 valence electrons. The zero-order chi connectivity index (χ0) is 22.6. The van der Waals surface area contributed by atoms with Crippen LogP contribution in [-0.2, 0) is 32.6 Å².